The van der Waals surface area contributed by atoms with Gasteiger partial charge in [0, 0.05) is 26.2 Å². The fraction of sp³-hybridized carbons (Fsp3) is 0.571. The molecule has 0 radical (unpaired) electrons. The number of amides is 1. The van der Waals surface area contributed by atoms with Crippen LogP contribution in [0.3, 0.4) is 0 Å². The summed E-state index contributed by atoms with van der Waals surface area (Å²) in [4.78, 5) is 18.2. The monoisotopic (exact) mass is 314 g/mol. The van der Waals surface area contributed by atoms with Crippen LogP contribution in [-0.4, -0.2) is 49.8 Å². The molecule has 0 atom stereocenters. The zero-order valence-corrected chi connectivity index (χ0v) is 13.3. The molecule has 0 spiro atoms. The van der Waals surface area contributed by atoms with Crippen LogP contribution >= 0.6 is 12.4 Å². The van der Waals surface area contributed by atoms with Crippen molar-refractivity contribution in [3.05, 3.63) is 18.3 Å². The summed E-state index contributed by atoms with van der Waals surface area (Å²) in [5.74, 6) is 0.377. The number of rotatable bonds is 5. The average molecular weight is 315 g/mol. The summed E-state index contributed by atoms with van der Waals surface area (Å²) >= 11 is 0. The highest BCUT2D eigenvalue weighted by Crippen LogP contribution is 2.15. The Morgan fingerprint density at radius 2 is 2.14 bits per heavy atom. The molecule has 0 aromatic carbocycles. The topological polar surface area (TPSA) is 66.5 Å². The minimum Gasteiger partial charge on any atom is -0.369 e. The molecular weight excluding hydrogens is 292 g/mol. The summed E-state index contributed by atoms with van der Waals surface area (Å²) in [6.07, 6.45) is 1.84. The van der Waals surface area contributed by atoms with Gasteiger partial charge in [0.15, 0.2) is 0 Å². The molecule has 1 aliphatic heterocycles. The molecule has 2 rings (SSSR count). The normalized spacial score (nSPS) is 14.7. The molecule has 0 saturated carbocycles. The van der Waals surface area contributed by atoms with Crippen LogP contribution < -0.4 is 15.5 Å². The van der Waals surface area contributed by atoms with E-state index < -0.39 is 0 Å². The van der Waals surface area contributed by atoms with E-state index >= 15 is 0 Å². The zero-order valence-electron chi connectivity index (χ0n) is 12.5. The summed E-state index contributed by atoms with van der Waals surface area (Å²) in [5, 5.41) is 6.03. The van der Waals surface area contributed by atoms with E-state index in [0.717, 1.165) is 31.9 Å². The molecule has 118 valence electrons. The summed E-state index contributed by atoms with van der Waals surface area (Å²) in [5.41, 5.74) is 1.09. The second-order valence-corrected chi connectivity index (χ2v) is 5.05. The first-order valence-corrected chi connectivity index (χ1v) is 6.98. The van der Waals surface area contributed by atoms with Crippen LogP contribution in [0.2, 0.25) is 0 Å². The lowest BCUT2D eigenvalue weighted by molar-refractivity contribution is -0.121. The van der Waals surface area contributed by atoms with Crippen LogP contribution in [0, 0.1) is 0 Å². The van der Waals surface area contributed by atoms with Crippen molar-refractivity contribution in [1.82, 2.24) is 10.3 Å². The first-order valence-electron chi connectivity index (χ1n) is 6.98. The molecule has 7 heteroatoms. The fourth-order valence-corrected chi connectivity index (χ4v) is 1.99. The highest BCUT2D eigenvalue weighted by molar-refractivity contribution is 5.90. The van der Waals surface area contributed by atoms with Crippen molar-refractivity contribution >= 4 is 29.8 Å². The van der Waals surface area contributed by atoms with Gasteiger partial charge in [-0.15, -0.1) is 12.4 Å². The second kappa shape index (κ2) is 8.81. The van der Waals surface area contributed by atoms with Gasteiger partial charge < -0.3 is 20.3 Å². The van der Waals surface area contributed by atoms with E-state index in [4.69, 9.17) is 4.74 Å². The van der Waals surface area contributed by atoms with E-state index in [-0.39, 0.29) is 31.0 Å². The highest BCUT2D eigenvalue weighted by Gasteiger charge is 2.11. The highest BCUT2D eigenvalue weighted by atomic mass is 35.5. The van der Waals surface area contributed by atoms with E-state index in [1.165, 1.54) is 0 Å². The SMILES string of the molecule is CC(C)OCC(=O)Nc1ccc(N2CCNCC2)cn1.Cl. The molecule has 1 fully saturated rings. The van der Waals surface area contributed by atoms with Gasteiger partial charge in [0.05, 0.1) is 18.0 Å². The lowest BCUT2D eigenvalue weighted by Crippen LogP contribution is -2.43. The Hall–Kier alpha value is -1.37. The third kappa shape index (κ3) is 5.87. The fourth-order valence-electron chi connectivity index (χ4n) is 1.99. The van der Waals surface area contributed by atoms with E-state index in [1.54, 1.807) is 6.20 Å². The Morgan fingerprint density at radius 3 is 2.71 bits per heavy atom. The first-order chi connectivity index (χ1) is 9.65. The quantitative estimate of drug-likeness (QED) is 0.857. The van der Waals surface area contributed by atoms with Gasteiger partial charge in [0.2, 0.25) is 0 Å². The third-order valence-electron chi connectivity index (χ3n) is 3.05. The van der Waals surface area contributed by atoms with Gasteiger partial charge in [0.25, 0.3) is 5.91 Å². The molecule has 1 aromatic rings. The van der Waals surface area contributed by atoms with E-state index in [2.05, 4.69) is 20.5 Å². The maximum atomic E-state index is 11.6. The number of carbonyl (C=O) groups excluding carboxylic acids is 1. The number of hydrogen-bond donors (Lipinski definition) is 2. The van der Waals surface area contributed by atoms with Crippen LogP contribution in [0.4, 0.5) is 11.5 Å². The number of hydrogen-bond acceptors (Lipinski definition) is 5. The van der Waals surface area contributed by atoms with Crippen LogP contribution in [0.5, 0.6) is 0 Å². The number of carbonyl (C=O) groups is 1. The van der Waals surface area contributed by atoms with Gasteiger partial charge >= 0.3 is 0 Å². The van der Waals surface area contributed by atoms with Crippen molar-refractivity contribution in [2.75, 3.05) is 43.0 Å². The summed E-state index contributed by atoms with van der Waals surface area (Å²) in [7, 11) is 0. The Balaban J connectivity index is 0.00000220. The van der Waals surface area contributed by atoms with E-state index in [1.807, 2.05) is 26.0 Å². The minimum atomic E-state index is -0.180. The van der Waals surface area contributed by atoms with Crippen molar-refractivity contribution in [3.8, 4) is 0 Å². The molecule has 1 saturated heterocycles. The molecule has 6 nitrogen and oxygen atoms in total. The third-order valence-corrected chi connectivity index (χ3v) is 3.05. The van der Waals surface area contributed by atoms with Gasteiger partial charge in [0.1, 0.15) is 12.4 Å². The van der Waals surface area contributed by atoms with Gasteiger partial charge in [-0.3, -0.25) is 4.79 Å². The smallest absolute Gasteiger partial charge is 0.251 e. The minimum absolute atomic E-state index is 0. The van der Waals surface area contributed by atoms with Crippen molar-refractivity contribution in [2.24, 2.45) is 0 Å². The molecule has 0 aliphatic carbocycles. The molecular formula is C14H23ClN4O2. The largest absolute Gasteiger partial charge is 0.369 e. The lowest BCUT2D eigenvalue weighted by atomic mass is 10.3. The standard InChI is InChI=1S/C14H22N4O2.ClH/c1-11(2)20-10-14(19)17-13-4-3-12(9-16-13)18-7-5-15-6-8-18;/h3-4,9,11,15H,5-8,10H2,1-2H3,(H,16,17,19);1H. The zero-order chi connectivity index (χ0) is 14.4. The summed E-state index contributed by atoms with van der Waals surface area (Å²) in [6, 6.07) is 3.81. The molecule has 0 bridgehead atoms. The number of piperazine rings is 1. The van der Waals surface area contributed by atoms with Gasteiger partial charge in [-0.1, -0.05) is 0 Å². The average Bonchev–Trinajstić information content (AvgIpc) is 2.47. The van der Waals surface area contributed by atoms with Crippen molar-refractivity contribution in [3.63, 3.8) is 0 Å². The van der Waals surface area contributed by atoms with Gasteiger partial charge in [-0.05, 0) is 26.0 Å². The van der Waals surface area contributed by atoms with E-state index in [9.17, 15) is 4.79 Å². The van der Waals surface area contributed by atoms with E-state index in [0.29, 0.717) is 5.82 Å². The number of nitrogens with one attached hydrogen (secondary N) is 2. The Bertz CT molecular complexity index is 433. The van der Waals surface area contributed by atoms with Crippen molar-refractivity contribution in [1.29, 1.82) is 0 Å². The van der Waals surface area contributed by atoms with Crippen molar-refractivity contribution in [2.45, 2.75) is 20.0 Å². The van der Waals surface area contributed by atoms with Crippen LogP contribution in [0.15, 0.2) is 18.3 Å². The second-order valence-electron chi connectivity index (χ2n) is 5.05. The molecule has 21 heavy (non-hydrogen) atoms. The van der Waals surface area contributed by atoms with Crippen LogP contribution in [0.1, 0.15) is 13.8 Å². The van der Waals surface area contributed by atoms with Gasteiger partial charge in [-0.25, -0.2) is 4.98 Å². The van der Waals surface area contributed by atoms with Crippen LogP contribution in [-0.2, 0) is 9.53 Å². The number of aromatic nitrogens is 1. The maximum Gasteiger partial charge on any atom is 0.251 e. The lowest BCUT2D eigenvalue weighted by Gasteiger charge is -2.29. The summed E-state index contributed by atoms with van der Waals surface area (Å²) < 4.78 is 5.24. The van der Waals surface area contributed by atoms with Gasteiger partial charge in [-0.2, -0.15) is 0 Å². The Kier molecular flexibility index (Phi) is 7.42. The molecule has 1 aromatic heterocycles. The first kappa shape index (κ1) is 17.7. The summed E-state index contributed by atoms with van der Waals surface area (Å²) in [6.45, 7) is 7.79. The number of nitrogens with zero attached hydrogens (tertiary/aromatic N) is 2. The predicted molar refractivity (Wildman–Crippen MR) is 86.3 cm³/mol. The Morgan fingerprint density at radius 1 is 1.43 bits per heavy atom. The molecule has 1 amide bonds. The van der Waals surface area contributed by atoms with Crippen LogP contribution in [0.25, 0.3) is 0 Å². The molecule has 2 N–H and O–H groups in total. The number of ether oxygens (including phenoxy) is 1. The van der Waals surface area contributed by atoms with Crippen molar-refractivity contribution < 1.29 is 9.53 Å². The number of anilines is 2. The molecule has 0 unspecified atom stereocenters. The number of pyridine rings is 1. The Labute approximate surface area is 131 Å². The maximum absolute atomic E-state index is 11.6. The predicted octanol–water partition coefficient (Wildman–Crippen LogP) is 1.28. The molecule has 2 heterocycles. The number of halogens is 1. The molecule has 1 aliphatic rings.